The van der Waals surface area contributed by atoms with Gasteiger partial charge in [-0.25, -0.2) is 4.39 Å². The fraction of sp³-hybridized carbons (Fsp3) is 0.480. The van der Waals surface area contributed by atoms with Gasteiger partial charge in [-0.2, -0.15) is 0 Å². The molecule has 0 amide bonds. The van der Waals surface area contributed by atoms with Crippen molar-refractivity contribution in [3.05, 3.63) is 70.5 Å². The first-order valence-corrected chi connectivity index (χ1v) is 10.7. The number of carbonyl (C=O) groups excluding carboxylic acids is 1. The van der Waals surface area contributed by atoms with Gasteiger partial charge in [0.15, 0.2) is 5.78 Å². The lowest BCUT2D eigenvalue weighted by molar-refractivity contribution is -0.0140. The highest BCUT2D eigenvalue weighted by molar-refractivity contribution is 8.93. The molecular weight excluding hydrogens is 459 g/mol. The Balaban J connectivity index is 0.00000341. The molecule has 6 heteroatoms. The molecule has 0 saturated heterocycles. The Hall–Kier alpha value is -1.60. The SMILES string of the molecule is Br.CN(C)CCCC(=O)c1ccc2c(c1)COC2(CCCN(C)C)c1ccc(F)cc1. The van der Waals surface area contributed by atoms with Crippen molar-refractivity contribution in [1.82, 2.24) is 9.80 Å². The summed E-state index contributed by atoms with van der Waals surface area (Å²) in [5.74, 6) is -0.0781. The molecule has 2 aromatic rings. The van der Waals surface area contributed by atoms with Crippen LogP contribution >= 0.6 is 17.0 Å². The highest BCUT2D eigenvalue weighted by Crippen LogP contribution is 2.45. The van der Waals surface area contributed by atoms with Gasteiger partial charge in [-0.05, 0) is 95.4 Å². The summed E-state index contributed by atoms with van der Waals surface area (Å²) in [5.41, 5.74) is 3.28. The summed E-state index contributed by atoms with van der Waals surface area (Å²) >= 11 is 0. The summed E-state index contributed by atoms with van der Waals surface area (Å²) in [6.45, 7) is 2.32. The number of fused-ring (bicyclic) bond motifs is 1. The standard InChI is InChI=1S/C25H33FN2O2.BrH/c1-27(2)15-5-7-24(29)19-8-13-23-20(17-19)18-30-25(23,14-6-16-28(3)4)21-9-11-22(26)12-10-21;/h8-13,17H,5-7,14-16,18H2,1-4H3;1H. The number of rotatable bonds is 10. The lowest BCUT2D eigenvalue weighted by Crippen LogP contribution is -2.28. The van der Waals surface area contributed by atoms with Gasteiger partial charge < -0.3 is 14.5 Å². The van der Waals surface area contributed by atoms with Gasteiger partial charge >= 0.3 is 0 Å². The van der Waals surface area contributed by atoms with E-state index in [4.69, 9.17) is 4.74 Å². The maximum Gasteiger partial charge on any atom is 0.162 e. The topological polar surface area (TPSA) is 32.8 Å². The lowest BCUT2D eigenvalue weighted by atomic mass is 9.81. The maximum absolute atomic E-state index is 13.6. The molecule has 1 aliphatic rings. The van der Waals surface area contributed by atoms with Crippen molar-refractivity contribution in [3.63, 3.8) is 0 Å². The van der Waals surface area contributed by atoms with Crippen molar-refractivity contribution in [2.45, 2.75) is 37.9 Å². The third-order valence-electron chi connectivity index (χ3n) is 5.79. The molecule has 2 aromatic carbocycles. The fourth-order valence-electron chi connectivity index (χ4n) is 4.21. The number of nitrogens with zero attached hydrogens (tertiary/aromatic N) is 2. The molecule has 170 valence electrons. The average molecular weight is 493 g/mol. The second-order valence-electron chi connectivity index (χ2n) is 8.73. The van der Waals surface area contributed by atoms with Crippen LogP contribution in [-0.2, 0) is 16.9 Å². The number of benzene rings is 2. The Labute approximate surface area is 196 Å². The van der Waals surface area contributed by atoms with Crippen LogP contribution < -0.4 is 0 Å². The molecular formula is C25H34BrFN2O2. The second-order valence-corrected chi connectivity index (χ2v) is 8.73. The Morgan fingerprint density at radius 1 is 1.00 bits per heavy atom. The van der Waals surface area contributed by atoms with Gasteiger partial charge in [0.2, 0.25) is 0 Å². The van der Waals surface area contributed by atoms with Crippen LogP contribution in [0.3, 0.4) is 0 Å². The average Bonchev–Trinajstić information content (AvgIpc) is 3.07. The first-order chi connectivity index (χ1) is 14.3. The summed E-state index contributed by atoms with van der Waals surface area (Å²) in [6.07, 6.45) is 3.15. The van der Waals surface area contributed by atoms with Crippen LogP contribution in [0.25, 0.3) is 0 Å². The second kappa shape index (κ2) is 11.3. The van der Waals surface area contributed by atoms with Crippen LogP contribution in [0.5, 0.6) is 0 Å². The zero-order chi connectivity index (χ0) is 21.7. The maximum atomic E-state index is 13.6. The van der Waals surface area contributed by atoms with Gasteiger partial charge in [0, 0.05) is 12.0 Å². The summed E-state index contributed by atoms with van der Waals surface area (Å²) in [5, 5.41) is 0. The van der Waals surface area contributed by atoms with Crippen molar-refractivity contribution in [1.29, 1.82) is 0 Å². The Morgan fingerprint density at radius 2 is 1.65 bits per heavy atom. The number of carbonyl (C=O) groups is 1. The van der Waals surface area contributed by atoms with Gasteiger partial charge in [-0.15, -0.1) is 17.0 Å². The predicted molar refractivity (Wildman–Crippen MR) is 129 cm³/mol. The highest BCUT2D eigenvalue weighted by Gasteiger charge is 2.41. The third-order valence-corrected chi connectivity index (χ3v) is 5.79. The molecule has 0 saturated carbocycles. The van der Waals surface area contributed by atoms with Crippen LogP contribution in [0.2, 0.25) is 0 Å². The Bertz CT molecular complexity index is 870. The van der Waals surface area contributed by atoms with Crippen LogP contribution in [0.15, 0.2) is 42.5 Å². The number of hydrogen-bond donors (Lipinski definition) is 0. The molecule has 0 bridgehead atoms. The molecule has 0 N–H and O–H groups in total. The smallest absolute Gasteiger partial charge is 0.162 e. The summed E-state index contributed by atoms with van der Waals surface area (Å²) in [7, 11) is 8.15. The van der Waals surface area contributed by atoms with Crippen molar-refractivity contribution in [2.24, 2.45) is 0 Å². The number of halogens is 2. The van der Waals surface area contributed by atoms with E-state index in [9.17, 15) is 9.18 Å². The van der Waals surface area contributed by atoms with Crippen LogP contribution in [0.4, 0.5) is 4.39 Å². The van der Waals surface area contributed by atoms with E-state index in [1.807, 2.05) is 44.4 Å². The molecule has 3 rings (SSSR count). The molecule has 31 heavy (non-hydrogen) atoms. The number of ketones is 1. The zero-order valence-corrected chi connectivity index (χ0v) is 20.7. The van der Waals surface area contributed by atoms with Gasteiger partial charge in [-0.3, -0.25) is 4.79 Å². The number of Topliss-reactive ketones (excluding diaryl/α,β-unsaturated/α-hetero) is 1. The van der Waals surface area contributed by atoms with Crippen LogP contribution in [0.1, 0.15) is 52.7 Å². The van der Waals surface area contributed by atoms with Gasteiger partial charge in [-0.1, -0.05) is 24.3 Å². The molecule has 0 aromatic heterocycles. The molecule has 0 spiro atoms. The lowest BCUT2D eigenvalue weighted by Gasteiger charge is -2.31. The summed E-state index contributed by atoms with van der Waals surface area (Å²) in [4.78, 5) is 16.9. The summed E-state index contributed by atoms with van der Waals surface area (Å²) < 4.78 is 20.0. The van der Waals surface area contributed by atoms with E-state index in [-0.39, 0.29) is 28.6 Å². The monoisotopic (exact) mass is 492 g/mol. The van der Waals surface area contributed by atoms with Gasteiger partial charge in [0.25, 0.3) is 0 Å². The van der Waals surface area contributed by atoms with Crippen molar-refractivity contribution in [2.75, 3.05) is 41.3 Å². The van der Waals surface area contributed by atoms with E-state index in [0.717, 1.165) is 54.6 Å². The van der Waals surface area contributed by atoms with Crippen molar-refractivity contribution < 1.29 is 13.9 Å². The first kappa shape index (κ1) is 25.7. The largest absolute Gasteiger partial charge is 0.361 e. The minimum atomic E-state index is -0.592. The van der Waals surface area contributed by atoms with E-state index < -0.39 is 5.60 Å². The quantitative estimate of drug-likeness (QED) is 0.434. The molecule has 1 heterocycles. The van der Waals surface area contributed by atoms with Crippen LogP contribution in [0, 0.1) is 5.82 Å². The third kappa shape index (κ3) is 6.22. The van der Waals surface area contributed by atoms with Crippen LogP contribution in [-0.4, -0.2) is 56.9 Å². The molecule has 1 atom stereocenters. The van der Waals surface area contributed by atoms with E-state index >= 15 is 0 Å². The fourth-order valence-corrected chi connectivity index (χ4v) is 4.21. The Kier molecular flexibility index (Phi) is 9.37. The van der Waals surface area contributed by atoms with Gasteiger partial charge in [0.05, 0.1) is 6.61 Å². The van der Waals surface area contributed by atoms with E-state index in [0.29, 0.717) is 13.0 Å². The normalized spacial score (nSPS) is 17.6. The molecule has 0 radical (unpaired) electrons. The molecule has 4 nitrogen and oxygen atoms in total. The molecule has 1 unspecified atom stereocenters. The number of ether oxygens (including phenoxy) is 1. The number of hydrogen-bond acceptors (Lipinski definition) is 4. The summed E-state index contributed by atoms with van der Waals surface area (Å²) in [6, 6.07) is 12.6. The molecule has 0 aliphatic carbocycles. The predicted octanol–water partition coefficient (Wildman–Crippen LogP) is 5.04. The first-order valence-electron chi connectivity index (χ1n) is 10.7. The van der Waals surface area contributed by atoms with E-state index in [1.54, 1.807) is 0 Å². The highest BCUT2D eigenvalue weighted by atomic mass is 79.9. The zero-order valence-electron chi connectivity index (χ0n) is 19.0. The van der Waals surface area contributed by atoms with Crippen molar-refractivity contribution in [3.8, 4) is 0 Å². The van der Waals surface area contributed by atoms with E-state index in [2.05, 4.69) is 23.9 Å². The van der Waals surface area contributed by atoms with Crippen molar-refractivity contribution >= 4 is 22.8 Å². The molecule has 0 fully saturated rings. The Morgan fingerprint density at radius 3 is 2.29 bits per heavy atom. The minimum Gasteiger partial charge on any atom is -0.361 e. The minimum absolute atomic E-state index is 0. The molecule has 1 aliphatic heterocycles. The van der Waals surface area contributed by atoms with Gasteiger partial charge in [0.1, 0.15) is 11.4 Å². The van der Waals surface area contributed by atoms with E-state index in [1.165, 1.54) is 12.1 Å².